The van der Waals surface area contributed by atoms with E-state index in [0.29, 0.717) is 0 Å². The van der Waals surface area contributed by atoms with Gasteiger partial charge in [0.1, 0.15) is 7.85 Å². The first-order valence-electron chi connectivity index (χ1n) is 3.56. The zero-order valence-corrected chi connectivity index (χ0v) is 6.87. The summed E-state index contributed by atoms with van der Waals surface area (Å²) in [5, 5.41) is 0. The van der Waals surface area contributed by atoms with Crippen LogP contribution in [0.5, 0.6) is 0 Å². The van der Waals surface area contributed by atoms with Crippen LogP contribution in [0.15, 0.2) is 30.3 Å². The smallest absolute Gasteiger partial charge is 0.119 e. The maximum Gasteiger partial charge on any atom is 0.119 e. The van der Waals surface area contributed by atoms with E-state index in [0.717, 1.165) is 5.56 Å². The van der Waals surface area contributed by atoms with E-state index in [-0.39, 0.29) is 0 Å². The van der Waals surface area contributed by atoms with Crippen LogP contribution in [0.25, 0.3) is 0 Å². The largest absolute Gasteiger partial charge is 0.384 e. The third-order valence-electron chi connectivity index (χ3n) is 1.77. The number of rotatable bonds is 2. The fourth-order valence-electron chi connectivity index (χ4n) is 0.887. The monoisotopic (exact) mass is 146 g/mol. The van der Waals surface area contributed by atoms with E-state index in [2.05, 4.69) is 0 Å². The highest BCUT2D eigenvalue weighted by Gasteiger charge is 2.17. The summed E-state index contributed by atoms with van der Waals surface area (Å²) in [5.41, 5.74) is 0.323. The van der Waals surface area contributed by atoms with Crippen LogP contribution in [0, 0.1) is 0 Å². The van der Waals surface area contributed by atoms with Crippen molar-refractivity contribution in [3.8, 4) is 0 Å². The molecule has 0 heterocycles. The molecule has 1 aromatic carbocycles. The molecule has 1 rings (SSSR count). The Morgan fingerprint density at radius 1 is 1.27 bits per heavy atom. The van der Waals surface area contributed by atoms with Gasteiger partial charge in [-0.25, -0.2) is 0 Å². The Labute approximate surface area is 68.8 Å². The summed E-state index contributed by atoms with van der Waals surface area (Å²) in [6.07, 6.45) is 0. The number of methoxy groups -OCH3 is 1. The summed E-state index contributed by atoms with van der Waals surface area (Å²) >= 11 is 0. The molecule has 0 aliphatic carbocycles. The fourth-order valence-corrected chi connectivity index (χ4v) is 0.887. The van der Waals surface area contributed by atoms with Crippen LogP contribution in [-0.2, 0) is 10.2 Å². The van der Waals surface area contributed by atoms with Crippen molar-refractivity contribution in [3.63, 3.8) is 0 Å². The SMILES string of the molecule is [B][C@@](C)(OC)c1ccccc1. The van der Waals surface area contributed by atoms with Gasteiger partial charge in [0, 0.05) is 12.6 Å². The van der Waals surface area contributed by atoms with Crippen molar-refractivity contribution in [1.29, 1.82) is 0 Å². The van der Waals surface area contributed by atoms with Crippen LogP contribution in [0.4, 0.5) is 0 Å². The van der Waals surface area contributed by atoms with E-state index in [1.165, 1.54) is 0 Å². The van der Waals surface area contributed by atoms with Crippen LogP contribution in [0.3, 0.4) is 0 Å². The third-order valence-corrected chi connectivity index (χ3v) is 1.77. The van der Waals surface area contributed by atoms with E-state index in [4.69, 9.17) is 12.6 Å². The summed E-state index contributed by atoms with van der Waals surface area (Å²) in [6.45, 7) is 1.84. The molecule has 0 aliphatic heterocycles. The summed E-state index contributed by atoms with van der Waals surface area (Å²) in [5.74, 6) is 0. The average Bonchev–Trinajstić information content (AvgIpc) is 2.06. The predicted octanol–water partition coefficient (Wildman–Crippen LogP) is 1.67. The lowest BCUT2D eigenvalue weighted by atomic mass is 9.77. The second-order valence-corrected chi connectivity index (χ2v) is 2.68. The molecule has 56 valence electrons. The molecule has 1 aromatic rings. The van der Waals surface area contributed by atoms with Gasteiger partial charge in [0.25, 0.3) is 0 Å². The van der Waals surface area contributed by atoms with Crippen molar-refractivity contribution in [1.82, 2.24) is 0 Å². The number of ether oxygens (including phenoxy) is 1. The van der Waals surface area contributed by atoms with Gasteiger partial charge in [-0.1, -0.05) is 30.3 Å². The molecule has 2 radical (unpaired) electrons. The summed E-state index contributed by atoms with van der Waals surface area (Å²) in [6, 6.07) is 9.74. The van der Waals surface area contributed by atoms with E-state index in [1.807, 2.05) is 37.3 Å². The van der Waals surface area contributed by atoms with Crippen molar-refractivity contribution < 1.29 is 4.74 Å². The van der Waals surface area contributed by atoms with Crippen molar-refractivity contribution >= 4 is 7.85 Å². The average molecular weight is 146 g/mol. The molecule has 2 heteroatoms. The Hall–Kier alpha value is -0.755. The van der Waals surface area contributed by atoms with Crippen LogP contribution in [0.1, 0.15) is 12.5 Å². The fraction of sp³-hybridized carbons (Fsp3) is 0.333. The van der Waals surface area contributed by atoms with Gasteiger partial charge in [-0.15, -0.1) is 0 Å². The third kappa shape index (κ3) is 1.84. The molecule has 1 atom stereocenters. The molecular formula is C9H11BO. The standard InChI is InChI=1S/C9H11BO/c1-9(10,11-2)8-6-4-3-5-7-8/h3-7H,1-2H3/t9-/m0/s1. The number of hydrogen-bond donors (Lipinski definition) is 0. The van der Waals surface area contributed by atoms with E-state index < -0.39 is 5.50 Å². The van der Waals surface area contributed by atoms with Crippen LogP contribution >= 0.6 is 0 Å². The zero-order valence-electron chi connectivity index (χ0n) is 6.87. The maximum atomic E-state index is 5.82. The maximum absolute atomic E-state index is 5.82. The van der Waals surface area contributed by atoms with Gasteiger partial charge in [-0.3, -0.25) is 0 Å². The normalized spacial score (nSPS) is 15.8. The minimum absolute atomic E-state index is 0.665. The van der Waals surface area contributed by atoms with Gasteiger partial charge in [0.05, 0.1) is 0 Å². The molecule has 0 unspecified atom stereocenters. The Morgan fingerprint density at radius 3 is 2.27 bits per heavy atom. The lowest BCUT2D eigenvalue weighted by Gasteiger charge is -2.23. The highest BCUT2D eigenvalue weighted by atomic mass is 16.5. The van der Waals surface area contributed by atoms with Gasteiger partial charge >= 0.3 is 0 Å². The summed E-state index contributed by atoms with van der Waals surface area (Å²) in [7, 11) is 7.42. The molecule has 0 aliphatic rings. The van der Waals surface area contributed by atoms with Gasteiger partial charge in [0.15, 0.2) is 0 Å². The minimum atomic E-state index is -0.665. The molecule has 0 fully saturated rings. The number of benzene rings is 1. The molecule has 11 heavy (non-hydrogen) atoms. The van der Waals surface area contributed by atoms with Crippen molar-refractivity contribution in [2.24, 2.45) is 0 Å². The first-order valence-corrected chi connectivity index (χ1v) is 3.56. The lowest BCUT2D eigenvalue weighted by molar-refractivity contribution is 0.0778. The van der Waals surface area contributed by atoms with Gasteiger partial charge in [-0.05, 0) is 12.5 Å². The molecule has 0 amide bonds. The second kappa shape index (κ2) is 3.10. The molecule has 0 saturated heterocycles. The van der Waals surface area contributed by atoms with Gasteiger partial charge < -0.3 is 4.74 Å². The van der Waals surface area contributed by atoms with E-state index in [9.17, 15) is 0 Å². The minimum Gasteiger partial charge on any atom is -0.384 e. The van der Waals surface area contributed by atoms with E-state index in [1.54, 1.807) is 7.11 Å². The van der Waals surface area contributed by atoms with Crippen LogP contribution < -0.4 is 0 Å². The highest BCUT2D eigenvalue weighted by Crippen LogP contribution is 2.19. The van der Waals surface area contributed by atoms with E-state index >= 15 is 0 Å². The molecule has 0 saturated carbocycles. The first kappa shape index (κ1) is 8.34. The van der Waals surface area contributed by atoms with Crippen molar-refractivity contribution in [2.45, 2.75) is 12.4 Å². The lowest BCUT2D eigenvalue weighted by Crippen LogP contribution is -2.23. The van der Waals surface area contributed by atoms with Crippen molar-refractivity contribution in [3.05, 3.63) is 35.9 Å². The summed E-state index contributed by atoms with van der Waals surface area (Å²) < 4.78 is 5.10. The topological polar surface area (TPSA) is 9.23 Å². The molecule has 0 aromatic heterocycles. The Balaban J connectivity index is 2.93. The molecule has 0 bridgehead atoms. The Bertz CT molecular complexity index is 218. The second-order valence-electron chi connectivity index (χ2n) is 2.68. The first-order chi connectivity index (χ1) is 5.17. The Kier molecular flexibility index (Phi) is 2.35. The summed E-state index contributed by atoms with van der Waals surface area (Å²) in [4.78, 5) is 0. The molecule has 0 spiro atoms. The zero-order chi connectivity index (χ0) is 8.32. The molecule has 0 N–H and O–H groups in total. The van der Waals surface area contributed by atoms with Gasteiger partial charge in [0.2, 0.25) is 0 Å². The van der Waals surface area contributed by atoms with Crippen LogP contribution in [-0.4, -0.2) is 15.0 Å². The predicted molar refractivity (Wildman–Crippen MR) is 46.6 cm³/mol. The molecule has 1 nitrogen and oxygen atoms in total. The van der Waals surface area contributed by atoms with Crippen LogP contribution in [0.2, 0.25) is 0 Å². The quantitative estimate of drug-likeness (QED) is 0.576. The highest BCUT2D eigenvalue weighted by molar-refractivity contribution is 6.14. The molecular weight excluding hydrogens is 135 g/mol. The van der Waals surface area contributed by atoms with Crippen molar-refractivity contribution in [2.75, 3.05) is 7.11 Å². The Morgan fingerprint density at radius 2 is 1.82 bits per heavy atom. The number of hydrogen-bond acceptors (Lipinski definition) is 1. The van der Waals surface area contributed by atoms with Gasteiger partial charge in [-0.2, -0.15) is 0 Å².